The summed E-state index contributed by atoms with van der Waals surface area (Å²) >= 11 is 0. The lowest BCUT2D eigenvalue weighted by molar-refractivity contribution is 0.103. The Morgan fingerprint density at radius 1 is 0.933 bits per heavy atom. The maximum atomic E-state index is 12.8. The van der Waals surface area contributed by atoms with Gasteiger partial charge < -0.3 is 24.0 Å². The molecule has 1 fully saturated rings. The number of hydrogen-bond donors (Lipinski definition) is 0. The van der Waals surface area contributed by atoms with E-state index < -0.39 is 0 Å². The molecule has 0 spiro atoms. The normalized spacial score (nSPS) is 13.8. The van der Waals surface area contributed by atoms with Gasteiger partial charge in [0.1, 0.15) is 24.5 Å². The molecule has 0 radical (unpaired) electrons. The Morgan fingerprint density at radius 3 is 2.47 bits per heavy atom. The van der Waals surface area contributed by atoms with Crippen LogP contribution >= 0.6 is 0 Å². The van der Waals surface area contributed by atoms with Crippen LogP contribution in [-0.4, -0.2) is 116 Å². The lowest BCUT2D eigenvalue weighted by Gasteiger charge is -2.35. The molecule has 3 heterocycles. The fraction of sp³-hybridized carbons (Fsp3) is 0.455. The molecule has 0 saturated carbocycles. The lowest BCUT2D eigenvalue weighted by atomic mass is 10.1. The first-order valence-corrected chi connectivity index (χ1v) is 15.5. The van der Waals surface area contributed by atoms with Crippen molar-refractivity contribution in [1.82, 2.24) is 29.5 Å². The van der Waals surface area contributed by atoms with Gasteiger partial charge in [-0.3, -0.25) is 9.80 Å². The summed E-state index contributed by atoms with van der Waals surface area (Å²) < 4.78 is 18.0. The summed E-state index contributed by atoms with van der Waals surface area (Å²) in [5, 5.41) is 5.62. The number of rotatable bonds is 14. The van der Waals surface area contributed by atoms with Crippen LogP contribution in [0.1, 0.15) is 18.1 Å². The molecule has 1 amide bonds. The predicted octanol–water partition coefficient (Wildman–Crippen LogP) is 3.75. The molecule has 5 rings (SSSR count). The number of hydrogen-bond acceptors (Lipinski definition) is 10. The van der Waals surface area contributed by atoms with Crippen LogP contribution < -0.4 is 14.5 Å². The van der Waals surface area contributed by atoms with Gasteiger partial charge in [-0.2, -0.15) is 5.10 Å². The zero-order valence-corrected chi connectivity index (χ0v) is 26.8. The number of methoxy groups -OCH3 is 1. The van der Waals surface area contributed by atoms with E-state index in [2.05, 4.69) is 43.1 Å². The zero-order chi connectivity index (χ0) is 31.6. The molecule has 0 N–H and O–H groups in total. The first-order valence-electron chi connectivity index (χ1n) is 15.5. The highest BCUT2D eigenvalue weighted by molar-refractivity contribution is 5.88. The molecule has 1 aliphatic heterocycles. The van der Waals surface area contributed by atoms with Crippen LogP contribution in [-0.2, 0) is 22.6 Å². The molecule has 240 valence electrons. The zero-order valence-electron chi connectivity index (χ0n) is 26.8. The van der Waals surface area contributed by atoms with Crippen molar-refractivity contribution in [3.05, 3.63) is 72.2 Å². The molecule has 2 aromatic heterocycles. The number of aromatic nitrogens is 4. The summed E-state index contributed by atoms with van der Waals surface area (Å²) in [4.78, 5) is 30.5. The fourth-order valence-corrected chi connectivity index (χ4v) is 5.39. The number of carbonyl (C=O) groups excluding carboxylic acids is 1. The second-order valence-corrected chi connectivity index (χ2v) is 11.3. The Labute approximate surface area is 265 Å². The third-order valence-corrected chi connectivity index (χ3v) is 7.78. The number of fused-ring (bicyclic) bond motifs is 1. The molecule has 0 aliphatic carbocycles. The van der Waals surface area contributed by atoms with Crippen LogP contribution in [0.2, 0.25) is 0 Å². The number of anilines is 2. The molecular formula is C33H44N8O4. The smallest absolute Gasteiger partial charge is 0.414 e. The van der Waals surface area contributed by atoms with Crippen molar-refractivity contribution in [2.45, 2.75) is 20.0 Å². The van der Waals surface area contributed by atoms with Crippen LogP contribution in [0.4, 0.5) is 16.3 Å². The van der Waals surface area contributed by atoms with Gasteiger partial charge in [-0.15, -0.1) is 0 Å². The molecule has 0 unspecified atom stereocenters. The van der Waals surface area contributed by atoms with Gasteiger partial charge in [0.2, 0.25) is 0 Å². The second kappa shape index (κ2) is 15.6. The Morgan fingerprint density at radius 2 is 1.73 bits per heavy atom. The lowest BCUT2D eigenvalue weighted by Crippen LogP contribution is -2.46. The maximum absolute atomic E-state index is 12.8. The van der Waals surface area contributed by atoms with Crippen LogP contribution in [0, 0.1) is 0 Å². The molecule has 0 atom stereocenters. The molecule has 45 heavy (non-hydrogen) atoms. The topological polar surface area (TPSA) is 101 Å². The van der Waals surface area contributed by atoms with Crippen LogP contribution in [0.15, 0.2) is 61.1 Å². The monoisotopic (exact) mass is 616 g/mol. The summed E-state index contributed by atoms with van der Waals surface area (Å²) in [5.41, 5.74) is 3.96. The second-order valence-electron chi connectivity index (χ2n) is 11.3. The fourth-order valence-electron chi connectivity index (χ4n) is 5.39. The van der Waals surface area contributed by atoms with Gasteiger partial charge in [0.05, 0.1) is 31.3 Å². The van der Waals surface area contributed by atoms with E-state index in [9.17, 15) is 4.79 Å². The third kappa shape index (κ3) is 8.47. The Balaban J connectivity index is 1.18. The first kappa shape index (κ1) is 32.1. The highest BCUT2D eigenvalue weighted by atomic mass is 16.6. The molecule has 12 nitrogen and oxygen atoms in total. The first-order chi connectivity index (χ1) is 21.9. The van der Waals surface area contributed by atoms with Crippen molar-refractivity contribution >= 4 is 28.6 Å². The third-order valence-electron chi connectivity index (χ3n) is 7.78. The number of amides is 1. The molecule has 2 aromatic carbocycles. The molecule has 4 aromatic rings. The molecular weight excluding hydrogens is 572 g/mol. The van der Waals surface area contributed by atoms with Crippen LogP contribution in [0.3, 0.4) is 0 Å². The van der Waals surface area contributed by atoms with Gasteiger partial charge >= 0.3 is 6.09 Å². The maximum Gasteiger partial charge on any atom is 0.414 e. The minimum atomic E-state index is -0.363. The summed E-state index contributed by atoms with van der Waals surface area (Å²) in [6.07, 6.45) is 3.15. The minimum Gasteiger partial charge on any atom is -0.494 e. The van der Waals surface area contributed by atoms with Crippen molar-refractivity contribution in [3.63, 3.8) is 0 Å². The van der Waals surface area contributed by atoms with Crippen LogP contribution in [0.5, 0.6) is 5.75 Å². The van der Waals surface area contributed by atoms with E-state index in [4.69, 9.17) is 14.2 Å². The number of piperazine rings is 1. The largest absolute Gasteiger partial charge is 0.494 e. The summed E-state index contributed by atoms with van der Waals surface area (Å²) in [7, 11) is 5.57. The van der Waals surface area contributed by atoms with E-state index >= 15 is 0 Å². The van der Waals surface area contributed by atoms with Gasteiger partial charge in [0.15, 0.2) is 5.65 Å². The number of ether oxygens (including phenoxy) is 3. The van der Waals surface area contributed by atoms with Gasteiger partial charge in [-0.1, -0.05) is 24.3 Å². The number of benzene rings is 2. The number of nitrogens with zero attached hydrogens (tertiary/aromatic N) is 8. The van der Waals surface area contributed by atoms with E-state index in [-0.39, 0.29) is 12.7 Å². The van der Waals surface area contributed by atoms with Crippen LogP contribution in [0.25, 0.3) is 11.0 Å². The molecule has 0 bridgehead atoms. The quantitative estimate of drug-likeness (QED) is 0.195. The summed E-state index contributed by atoms with van der Waals surface area (Å²) in [5.74, 6) is 1.78. The number of carbonyl (C=O) groups is 1. The summed E-state index contributed by atoms with van der Waals surface area (Å²) in [6, 6.07) is 16.3. The van der Waals surface area contributed by atoms with E-state index in [0.717, 1.165) is 73.1 Å². The Bertz CT molecular complexity index is 1520. The van der Waals surface area contributed by atoms with Gasteiger partial charge in [0, 0.05) is 58.6 Å². The van der Waals surface area contributed by atoms with E-state index in [1.807, 2.05) is 67.1 Å². The van der Waals surface area contributed by atoms with Gasteiger partial charge in [-0.05, 0) is 56.4 Å². The number of likely N-dealkylation sites (N-methyl/N-ethyl adjacent to an activating group) is 1. The van der Waals surface area contributed by atoms with Crippen molar-refractivity contribution in [3.8, 4) is 5.75 Å². The Hall–Kier alpha value is -4.26. The molecule has 1 saturated heterocycles. The van der Waals surface area contributed by atoms with E-state index in [1.165, 1.54) is 5.56 Å². The Kier molecular flexibility index (Phi) is 11.2. The van der Waals surface area contributed by atoms with Gasteiger partial charge in [0.25, 0.3) is 0 Å². The predicted molar refractivity (Wildman–Crippen MR) is 175 cm³/mol. The van der Waals surface area contributed by atoms with Crippen molar-refractivity contribution in [1.29, 1.82) is 0 Å². The average Bonchev–Trinajstić information content (AvgIpc) is 3.45. The van der Waals surface area contributed by atoms with Crippen molar-refractivity contribution < 1.29 is 19.0 Å². The highest BCUT2D eigenvalue weighted by Gasteiger charge is 2.22. The molecule has 1 aliphatic rings. The molecule has 12 heteroatoms. The highest BCUT2D eigenvalue weighted by Crippen LogP contribution is 2.25. The van der Waals surface area contributed by atoms with Crippen molar-refractivity contribution in [2.24, 2.45) is 0 Å². The summed E-state index contributed by atoms with van der Waals surface area (Å²) in [6.45, 7) is 9.46. The SMILES string of the molecule is CCOc1cccc(Cn2ncc3c(N4CCN(Cc5ccc(N(CCN(C)C)C(=O)OCCOC)cc5)CC4)ncnc32)c1. The van der Waals surface area contributed by atoms with Crippen molar-refractivity contribution in [2.75, 3.05) is 90.1 Å². The standard InChI is InChI=1S/C33H44N8O4/c1-5-44-29-8-6-7-27(21-29)24-41-32-30(22-36-41)31(34-25-35-32)39-16-14-38(15-17-39)23-26-9-11-28(12-10-26)40(18-13-37(2)3)33(42)45-20-19-43-4/h6-12,21-22,25H,5,13-20,23-24H2,1-4H3. The van der Waals surface area contributed by atoms with Gasteiger partial charge in [-0.25, -0.2) is 19.4 Å². The minimum absolute atomic E-state index is 0.226. The van der Waals surface area contributed by atoms with E-state index in [0.29, 0.717) is 26.3 Å². The van der Waals surface area contributed by atoms with E-state index in [1.54, 1.807) is 18.3 Å². The average molecular weight is 617 g/mol.